The van der Waals surface area contributed by atoms with Gasteiger partial charge in [0, 0.05) is 5.56 Å². The number of aryl methyl sites for hydroxylation is 2. The minimum Gasteiger partial charge on any atom is -0.481 e. The zero-order valence-corrected chi connectivity index (χ0v) is 12.8. The summed E-state index contributed by atoms with van der Waals surface area (Å²) in [6.07, 6.45) is 3.04. The van der Waals surface area contributed by atoms with Crippen molar-refractivity contribution in [1.29, 1.82) is 0 Å². The maximum Gasteiger partial charge on any atom is 0.307 e. The predicted octanol–water partition coefficient (Wildman–Crippen LogP) is 2.96. The lowest BCUT2D eigenvalue weighted by molar-refractivity contribution is -0.149. The maximum atomic E-state index is 12.4. The highest BCUT2D eigenvalue weighted by Crippen LogP contribution is 2.31. The zero-order valence-electron chi connectivity index (χ0n) is 12.8. The standard InChI is InChI=1S/C16H23NO4/c1-9-8-14(11(3)21-9)10(2)17-15(18)12-6-4-5-7-13(12)16(19)20/h8,10,12-13H,4-7H2,1-3H3,(H,17,18)(H,19,20)/t10?,12-,13+/m1/s1. The van der Waals surface area contributed by atoms with E-state index in [0.717, 1.165) is 29.9 Å². The van der Waals surface area contributed by atoms with Crippen molar-refractivity contribution in [2.45, 2.75) is 52.5 Å². The Morgan fingerprint density at radius 2 is 1.90 bits per heavy atom. The molecule has 1 amide bonds. The molecule has 0 aliphatic heterocycles. The first-order valence-corrected chi connectivity index (χ1v) is 7.50. The normalized spacial score (nSPS) is 23.6. The molecule has 1 aliphatic rings. The van der Waals surface area contributed by atoms with Crippen LogP contribution in [0.15, 0.2) is 10.5 Å². The molecule has 1 unspecified atom stereocenters. The molecule has 5 nitrogen and oxygen atoms in total. The number of amides is 1. The van der Waals surface area contributed by atoms with Crippen LogP contribution in [0.4, 0.5) is 0 Å². The Bertz CT molecular complexity index is 534. The molecule has 0 spiro atoms. The van der Waals surface area contributed by atoms with Crippen LogP contribution >= 0.6 is 0 Å². The molecule has 0 radical (unpaired) electrons. The summed E-state index contributed by atoms with van der Waals surface area (Å²) in [5, 5.41) is 12.2. The number of hydrogen-bond acceptors (Lipinski definition) is 3. The van der Waals surface area contributed by atoms with E-state index in [4.69, 9.17) is 4.42 Å². The molecule has 1 fully saturated rings. The average Bonchev–Trinajstić information content (AvgIpc) is 2.77. The van der Waals surface area contributed by atoms with Crippen molar-refractivity contribution in [2.75, 3.05) is 0 Å². The van der Waals surface area contributed by atoms with Gasteiger partial charge >= 0.3 is 5.97 Å². The van der Waals surface area contributed by atoms with Gasteiger partial charge in [0.25, 0.3) is 0 Å². The van der Waals surface area contributed by atoms with Gasteiger partial charge in [0.15, 0.2) is 0 Å². The Kier molecular flexibility index (Phi) is 4.70. The van der Waals surface area contributed by atoms with Gasteiger partial charge in [0.1, 0.15) is 11.5 Å². The number of rotatable bonds is 4. The zero-order chi connectivity index (χ0) is 15.6. The minimum atomic E-state index is -0.863. The number of carboxylic acid groups (broad SMARTS) is 1. The second-order valence-corrected chi connectivity index (χ2v) is 5.93. The Morgan fingerprint density at radius 1 is 1.29 bits per heavy atom. The van der Waals surface area contributed by atoms with Crippen molar-refractivity contribution < 1.29 is 19.1 Å². The molecule has 0 aromatic carbocycles. The fourth-order valence-corrected chi connectivity index (χ4v) is 3.22. The molecule has 2 N–H and O–H groups in total. The Labute approximate surface area is 124 Å². The minimum absolute atomic E-state index is 0.159. The molecular formula is C16H23NO4. The Hall–Kier alpha value is -1.78. The fraction of sp³-hybridized carbons (Fsp3) is 0.625. The van der Waals surface area contributed by atoms with Gasteiger partial charge in [-0.3, -0.25) is 9.59 Å². The summed E-state index contributed by atoms with van der Waals surface area (Å²) in [5.41, 5.74) is 0.948. The lowest BCUT2D eigenvalue weighted by atomic mass is 9.78. The molecule has 0 saturated heterocycles. The number of aliphatic carboxylic acids is 1. The number of furan rings is 1. The molecule has 21 heavy (non-hydrogen) atoms. The summed E-state index contributed by atoms with van der Waals surface area (Å²) in [5.74, 6) is -0.403. The monoisotopic (exact) mass is 293 g/mol. The van der Waals surface area contributed by atoms with Crippen LogP contribution in [-0.4, -0.2) is 17.0 Å². The van der Waals surface area contributed by atoms with Crippen molar-refractivity contribution in [2.24, 2.45) is 11.8 Å². The van der Waals surface area contributed by atoms with E-state index < -0.39 is 17.8 Å². The average molecular weight is 293 g/mol. The number of carbonyl (C=O) groups is 2. The first kappa shape index (κ1) is 15.6. The number of hydrogen-bond donors (Lipinski definition) is 2. The molecule has 1 aliphatic carbocycles. The third kappa shape index (κ3) is 3.46. The van der Waals surface area contributed by atoms with Crippen molar-refractivity contribution in [1.82, 2.24) is 5.32 Å². The summed E-state index contributed by atoms with van der Waals surface area (Å²) in [7, 11) is 0. The quantitative estimate of drug-likeness (QED) is 0.894. The summed E-state index contributed by atoms with van der Waals surface area (Å²) in [6.45, 7) is 5.63. The highest BCUT2D eigenvalue weighted by atomic mass is 16.4. The van der Waals surface area contributed by atoms with Gasteiger partial charge in [-0.1, -0.05) is 12.8 Å². The SMILES string of the molecule is Cc1cc(C(C)NC(=O)[C@@H]2CCCC[C@@H]2C(=O)O)c(C)o1. The van der Waals surface area contributed by atoms with E-state index >= 15 is 0 Å². The van der Waals surface area contributed by atoms with E-state index in [-0.39, 0.29) is 11.9 Å². The van der Waals surface area contributed by atoms with Crippen molar-refractivity contribution in [3.63, 3.8) is 0 Å². The van der Waals surface area contributed by atoms with Gasteiger partial charge in [-0.2, -0.15) is 0 Å². The highest BCUT2D eigenvalue weighted by molar-refractivity contribution is 5.85. The summed E-state index contributed by atoms with van der Waals surface area (Å²) < 4.78 is 5.48. The van der Waals surface area contributed by atoms with Gasteiger partial charge < -0.3 is 14.8 Å². The van der Waals surface area contributed by atoms with Crippen molar-refractivity contribution in [3.05, 3.63) is 23.2 Å². The van der Waals surface area contributed by atoms with E-state index in [2.05, 4.69) is 5.32 Å². The molecule has 3 atom stereocenters. The van der Waals surface area contributed by atoms with Gasteiger partial charge in [0.05, 0.1) is 17.9 Å². The molecular weight excluding hydrogens is 270 g/mol. The lowest BCUT2D eigenvalue weighted by Crippen LogP contribution is -2.40. The lowest BCUT2D eigenvalue weighted by Gasteiger charge is -2.28. The van der Waals surface area contributed by atoms with E-state index in [9.17, 15) is 14.7 Å². The predicted molar refractivity (Wildman–Crippen MR) is 77.8 cm³/mol. The fourth-order valence-electron chi connectivity index (χ4n) is 3.22. The van der Waals surface area contributed by atoms with Gasteiger partial charge in [-0.05, 0) is 39.7 Å². The van der Waals surface area contributed by atoms with Crippen LogP contribution in [0.1, 0.15) is 55.7 Å². The number of carboxylic acids is 1. The van der Waals surface area contributed by atoms with Gasteiger partial charge in [-0.25, -0.2) is 0 Å². The van der Waals surface area contributed by atoms with Gasteiger partial charge in [0.2, 0.25) is 5.91 Å². The molecule has 1 saturated carbocycles. The van der Waals surface area contributed by atoms with Crippen LogP contribution in [0.25, 0.3) is 0 Å². The third-order valence-electron chi connectivity index (χ3n) is 4.32. The summed E-state index contributed by atoms with van der Waals surface area (Å²) in [4.78, 5) is 23.7. The smallest absolute Gasteiger partial charge is 0.307 e. The highest BCUT2D eigenvalue weighted by Gasteiger charge is 2.36. The molecule has 0 bridgehead atoms. The summed E-state index contributed by atoms with van der Waals surface area (Å²) in [6, 6.07) is 1.74. The molecule has 2 rings (SSSR count). The van der Waals surface area contributed by atoms with Crippen molar-refractivity contribution >= 4 is 11.9 Å². The molecule has 1 heterocycles. The number of carbonyl (C=O) groups excluding carboxylic acids is 1. The van der Waals surface area contributed by atoms with E-state index in [1.165, 1.54) is 0 Å². The molecule has 1 aromatic rings. The van der Waals surface area contributed by atoms with Crippen LogP contribution in [0.2, 0.25) is 0 Å². The molecule has 1 aromatic heterocycles. The first-order valence-electron chi connectivity index (χ1n) is 7.50. The van der Waals surface area contributed by atoms with E-state index in [1.54, 1.807) is 0 Å². The van der Waals surface area contributed by atoms with Crippen molar-refractivity contribution in [3.8, 4) is 0 Å². The van der Waals surface area contributed by atoms with Crippen LogP contribution in [0.5, 0.6) is 0 Å². The molecule has 5 heteroatoms. The number of nitrogens with one attached hydrogen (secondary N) is 1. The van der Waals surface area contributed by atoms with Crippen LogP contribution in [0.3, 0.4) is 0 Å². The third-order valence-corrected chi connectivity index (χ3v) is 4.32. The first-order chi connectivity index (χ1) is 9.90. The Balaban J connectivity index is 2.06. The largest absolute Gasteiger partial charge is 0.481 e. The second-order valence-electron chi connectivity index (χ2n) is 5.93. The van der Waals surface area contributed by atoms with Crippen LogP contribution in [-0.2, 0) is 9.59 Å². The van der Waals surface area contributed by atoms with Crippen LogP contribution < -0.4 is 5.32 Å². The Morgan fingerprint density at radius 3 is 2.43 bits per heavy atom. The van der Waals surface area contributed by atoms with E-state index in [1.807, 2.05) is 26.8 Å². The van der Waals surface area contributed by atoms with Gasteiger partial charge in [-0.15, -0.1) is 0 Å². The molecule has 116 valence electrons. The second kappa shape index (κ2) is 6.33. The summed E-state index contributed by atoms with van der Waals surface area (Å²) >= 11 is 0. The maximum absolute atomic E-state index is 12.4. The van der Waals surface area contributed by atoms with E-state index in [0.29, 0.717) is 12.8 Å². The topological polar surface area (TPSA) is 79.5 Å². The van der Waals surface area contributed by atoms with Crippen LogP contribution in [0, 0.1) is 25.7 Å².